The second kappa shape index (κ2) is 6.91. The van der Waals surface area contributed by atoms with E-state index in [-0.39, 0.29) is 6.61 Å². The molecule has 6 heteroatoms. The highest BCUT2D eigenvalue weighted by atomic mass is 16.5. The number of nitrogens with one attached hydrogen (secondary N) is 1. The molecule has 0 radical (unpaired) electrons. The van der Waals surface area contributed by atoms with Crippen LogP contribution in [-0.2, 0) is 13.2 Å². The molecule has 0 spiro atoms. The molecular weight excluding hydrogens is 258 g/mol. The van der Waals surface area contributed by atoms with Crippen LogP contribution in [-0.4, -0.2) is 23.8 Å². The minimum Gasteiger partial charge on any atom is -0.493 e. The summed E-state index contributed by atoms with van der Waals surface area (Å²) >= 11 is 0. The van der Waals surface area contributed by atoms with Gasteiger partial charge in [0.2, 0.25) is 11.7 Å². The number of hydrogen-bond acceptors (Lipinski definition) is 6. The number of benzene rings is 1. The molecule has 0 amide bonds. The smallest absolute Gasteiger partial charge is 0.223 e. The monoisotopic (exact) mass is 277 g/mol. The van der Waals surface area contributed by atoms with Crippen molar-refractivity contribution >= 4 is 0 Å². The van der Waals surface area contributed by atoms with Gasteiger partial charge in [0.15, 0.2) is 18.1 Å². The van der Waals surface area contributed by atoms with Crippen molar-refractivity contribution in [3.63, 3.8) is 0 Å². The Kier molecular flexibility index (Phi) is 4.95. The molecule has 0 atom stereocenters. The highest BCUT2D eigenvalue weighted by molar-refractivity contribution is 5.42. The first-order valence-corrected chi connectivity index (χ1v) is 6.52. The van der Waals surface area contributed by atoms with E-state index >= 15 is 0 Å². The Morgan fingerprint density at radius 1 is 1.30 bits per heavy atom. The molecule has 108 valence electrons. The molecule has 1 aromatic carbocycles. The first kappa shape index (κ1) is 14.3. The van der Waals surface area contributed by atoms with Crippen molar-refractivity contribution in [2.75, 3.05) is 13.7 Å². The van der Waals surface area contributed by atoms with Gasteiger partial charge in [-0.1, -0.05) is 18.1 Å². The van der Waals surface area contributed by atoms with Crippen molar-refractivity contribution in [2.45, 2.75) is 27.0 Å². The Hall–Kier alpha value is -2.08. The molecule has 6 nitrogen and oxygen atoms in total. The molecule has 1 aromatic heterocycles. The van der Waals surface area contributed by atoms with Crippen LogP contribution in [0.3, 0.4) is 0 Å². The molecule has 20 heavy (non-hydrogen) atoms. The summed E-state index contributed by atoms with van der Waals surface area (Å²) < 4.78 is 15.9. The molecule has 0 aliphatic heterocycles. The minimum absolute atomic E-state index is 0.250. The lowest BCUT2D eigenvalue weighted by molar-refractivity contribution is 0.269. The number of methoxy groups -OCH3 is 1. The van der Waals surface area contributed by atoms with Crippen LogP contribution in [0.2, 0.25) is 0 Å². The first-order valence-electron chi connectivity index (χ1n) is 6.52. The summed E-state index contributed by atoms with van der Waals surface area (Å²) in [5.74, 6) is 2.40. The predicted octanol–water partition coefficient (Wildman–Crippen LogP) is 2.08. The standard InChI is InChI=1S/C14H19N3O3/c1-4-15-8-11-5-6-12(13(7-11)18-3)19-9-14-16-10(2)20-17-14/h5-7,15H,4,8-9H2,1-3H3. The molecule has 0 bridgehead atoms. The third-order valence-electron chi connectivity index (χ3n) is 2.73. The maximum Gasteiger partial charge on any atom is 0.223 e. The van der Waals surface area contributed by atoms with Crippen molar-refractivity contribution in [1.29, 1.82) is 0 Å². The van der Waals surface area contributed by atoms with Crippen LogP contribution in [0, 0.1) is 6.92 Å². The van der Waals surface area contributed by atoms with Crippen molar-refractivity contribution in [3.05, 3.63) is 35.5 Å². The Balaban J connectivity index is 2.03. The van der Waals surface area contributed by atoms with E-state index in [4.69, 9.17) is 14.0 Å². The molecule has 0 fully saturated rings. The van der Waals surface area contributed by atoms with Gasteiger partial charge in [0, 0.05) is 13.5 Å². The Bertz CT molecular complexity index is 554. The predicted molar refractivity (Wildman–Crippen MR) is 73.7 cm³/mol. The summed E-state index contributed by atoms with van der Waals surface area (Å²) in [6.45, 7) is 5.80. The summed E-state index contributed by atoms with van der Waals surface area (Å²) in [6.07, 6.45) is 0. The second-order valence-corrected chi connectivity index (χ2v) is 4.28. The van der Waals surface area contributed by atoms with Crippen LogP contribution in [0.4, 0.5) is 0 Å². The largest absolute Gasteiger partial charge is 0.493 e. The van der Waals surface area contributed by atoms with Crippen LogP contribution >= 0.6 is 0 Å². The van der Waals surface area contributed by atoms with Crippen LogP contribution in [0.1, 0.15) is 24.2 Å². The van der Waals surface area contributed by atoms with Gasteiger partial charge < -0.3 is 19.3 Å². The van der Waals surface area contributed by atoms with Crippen LogP contribution in [0.15, 0.2) is 22.7 Å². The maximum atomic E-state index is 5.66. The first-order chi connectivity index (χ1) is 9.72. The summed E-state index contributed by atoms with van der Waals surface area (Å²) in [6, 6.07) is 5.85. The fourth-order valence-electron chi connectivity index (χ4n) is 1.75. The number of rotatable bonds is 7. The molecular formula is C14H19N3O3. The lowest BCUT2D eigenvalue weighted by Gasteiger charge is -2.11. The minimum atomic E-state index is 0.250. The van der Waals surface area contributed by atoms with E-state index in [1.54, 1.807) is 14.0 Å². The van der Waals surface area contributed by atoms with Crippen molar-refractivity contribution in [3.8, 4) is 11.5 Å². The van der Waals surface area contributed by atoms with E-state index in [9.17, 15) is 0 Å². The zero-order valence-corrected chi connectivity index (χ0v) is 12.0. The molecule has 1 heterocycles. The molecule has 0 aliphatic carbocycles. The van der Waals surface area contributed by atoms with Gasteiger partial charge >= 0.3 is 0 Å². The van der Waals surface area contributed by atoms with Crippen molar-refractivity contribution in [1.82, 2.24) is 15.5 Å². The third-order valence-corrected chi connectivity index (χ3v) is 2.73. The summed E-state index contributed by atoms with van der Waals surface area (Å²) in [5, 5.41) is 7.05. The third kappa shape index (κ3) is 3.71. The fraction of sp³-hybridized carbons (Fsp3) is 0.429. The van der Waals surface area contributed by atoms with Gasteiger partial charge in [0.1, 0.15) is 0 Å². The quantitative estimate of drug-likeness (QED) is 0.835. The second-order valence-electron chi connectivity index (χ2n) is 4.28. The van der Waals surface area contributed by atoms with E-state index in [1.807, 2.05) is 18.2 Å². The topological polar surface area (TPSA) is 69.4 Å². The highest BCUT2D eigenvalue weighted by Crippen LogP contribution is 2.28. The number of nitrogens with zero attached hydrogens (tertiary/aromatic N) is 2. The summed E-state index contributed by atoms with van der Waals surface area (Å²) in [4.78, 5) is 4.09. The number of aromatic nitrogens is 2. The zero-order chi connectivity index (χ0) is 14.4. The Labute approximate surface area is 118 Å². The molecule has 2 rings (SSSR count). The molecule has 0 saturated carbocycles. The molecule has 0 unspecified atom stereocenters. The average molecular weight is 277 g/mol. The molecule has 1 N–H and O–H groups in total. The van der Waals surface area contributed by atoms with E-state index in [0.29, 0.717) is 23.2 Å². The zero-order valence-electron chi connectivity index (χ0n) is 12.0. The molecule has 2 aromatic rings. The average Bonchev–Trinajstić information content (AvgIpc) is 2.88. The summed E-state index contributed by atoms with van der Waals surface area (Å²) in [7, 11) is 1.62. The van der Waals surface area contributed by atoms with E-state index in [0.717, 1.165) is 18.7 Å². The van der Waals surface area contributed by atoms with Crippen LogP contribution in [0.25, 0.3) is 0 Å². The molecule has 0 aliphatic rings. The Morgan fingerprint density at radius 3 is 2.80 bits per heavy atom. The van der Waals surface area contributed by atoms with Crippen molar-refractivity contribution < 1.29 is 14.0 Å². The van der Waals surface area contributed by atoms with Gasteiger partial charge in [0.25, 0.3) is 0 Å². The maximum absolute atomic E-state index is 5.66. The van der Waals surface area contributed by atoms with Gasteiger partial charge in [-0.15, -0.1) is 0 Å². The van der Waals surface area contributed by atoms with Crippen LogP contribution < -0.4 is 14.8 Å². The lowest BCUT2D eigenvalue weighted by atomic mass is 10.2. The van der Waals surface area contributed by atoms with E-state index in [1.165, 1.54) is 0 Å². The van der Waals surface area contributed by atoms with E-state index < -0.39 is 0 Å². The van der Waals surface area contributed by atoms with Gasteiger partial charge in [0.05, 0.1) is 7.11 Å². The van der Waals surface area contributed by atoms with E-state index in [2.05, 4.69) is 22.4 Å². The highest BCUT2D eigenvalue weighted by Gasteiger charge is 2.08. The van der Waals surface area contributed by atoms with Crippen molar-refractivity contribution in [2.24, 2.45) is 0 Å². The van der Waals surface area contributed by atoms with Gasteiger partial charge in [-0.2, -0.15) is 4.98 Å². The van der Waals surface area contributed by atoms with Gasteiger partial charge in [-0.3, -0.25) is 0 Å². The normalized spacial score (nSPS) is 10.6. The van der Waals surface area contributed by atoms with Gasteiger partial charge in [-0.25, -0.2) is 0 Å². The fourth-order valence-corrected chi connectivity index (χ4v) is 1.75. The Morgan fingerprint density at radius 2 is 2.15 bits per heavy atom. The number of hydrogen-bond donors (Lipinski definition) is 1. The van der Waals surface area contributed by atoms with Crippen LogP contribution in [0.5, 0.6) is 11.5 Å². The summed E-state index contributed by atoms with van der Waals surface area (Å²) in [5.41, 5.74) is 1.14. The number of ether oxygens (including phenoxy) is 2. The SMILES string of the molecule is CCNCc1ccc(OCc2noc(C)n2)c(OC)c1. The number of aryl methyl sites for hydroxylation is 1. The molecule has 0 saturated heterocycles. The van der Waals surface area contributed by atoms with Gasteiger partial charge in [-0.05, 0) is 24.2 Å². The lowest BCUT2D eigenvalue weighted by Crippen LogP contribution is -2.11.